The standard InChI is InChI=1S/C15H12BrClFN3/c1-9-7-19-3-2-10(9)8-21-14-4-11(16)12(18)5-13(14)20-15(21)6-17/h2-5,7H,6,8H2,1H3. The molecular formula is C15H12BrClFN3. The number of rotatable bonds is 3. The molecule has 21 heavy (non-hydrogen) atoms. The van der Waals surface area contributed by atoms with Gasteiger partial charge in [0.05, 0.1) is 21.4 Å². The molecule has 0 saturated heterocycles. The first-order valence-corrected chi connectivity index (χ1v) is 7.72. The summed E-state index contributed by atoms with van der Waals surface area (Å²) in [6, 6.07) is 5.13. The van der Waals surface area contributed by atoms with Gasteiger partial charge in [0.2, 0.25) is 0 Å². The van der Waals surface area contributed by atoms with Crippen LogP contribution in [0, 0.1) is 12.7 Å². The van der Waals surface area contributed by atoms with Crippen LogP contribution in [0.1, 0.15) is 17.0 Å². The van der Waals surface area contributed by atoms with Crippen LogP contribution in [-0.4, -0.2) is 14.5 Å². The molecule has 6 heteroatoms. The van der Waals surface area contributed by atoms with E-state index in [1.165, 1.54) is 6.07 Å². The monoisotopic (exact) mass is 367 g/mol. The Morgan fingerprint density at radius 1 is 1.38 bits per heavy atom. The van der Waals surface area contributed by atoms with Gasteiger partial charge in [0.25, 0.3) is 0 Å². The summed E-state index contributed by atoms with van der Waals surface area (Å²) in [6.45, 7) is 2.64. The number of imidazole rings is 1. The second-order valence-electron chi connectivity index (χ2n) is 4.80. The van der Waals surface area contributed by atoms with E-state index >= 15 is 0 Å². The van der Waals surface area contributed by atoms with Gasteiger partial charge in [-0.3, -0.25) is 4.98 Å². The maximum absolute atomic E-state index is 13.6. The van der Waals surface area contributed by atoms with E-state index in [-0.39, 0.29) is 11.7 Å². The number of hydrogen-bond acceptors (Lipinski definition) is 2. The molecule has 0 spiro atoms. The molecule has 0 amide bonds. The molecule has 1 aromatic carbocycles. The molecule has 3 aromatic rings. The minimum atomic E-state index is -0.326. The Kier molecular flexibility index (Phi) is 3.95. The topological polar surface area (TPSA) is 30.7 Å². The molecule has 0 radical (unpaired) electrons. The van der Waals surface area contributed by atoms with E-state index in [0.717, 1.165) is 22.5 Å². The van der Waals surface area contributed by atoms with Crippen LogP contribution in [0.5, 0.6) is 0 Å². The van der Waals surface area contributed by atoms with E-state index in [4.69, 9.17) is 11.6 Å². The maximum Gasteiger partial charge on any atom is 0.139 e. The third kappa shape index (κ3) is 2.68. The van der Waals surface area contributed by atoms with Crippen molar-refractivity contribution in [3.63, 3.8) is 0 Å². The Labute approximate surface area is 134 Å². The molecule has 0 fully saturated rings. The van der Waals surface area contributed by atoms with Crippen LogP contribution in [0.25, 0.3) is 11.0 Å². The van der Waals surface area contributed by atoms with E-state index < -0.39 is 0 Å². The number of aryl methyl sites for hydroxylation is 1. The zero-order valence-corrected chi connectivity index (χ0v) is 13.6. The van der Waals surface area contributed by atoms with Gasteiger partial charge >= 0.3 is 0 Å². The highest BCUT2D eigenvalue weighted by Crippen LogP contribution is 2.26. The van der Waals surface area contributed by atoms with Gasteiger partial charge in [-0.2, -0.15) is 0 Å². The van der Waals surface area contributed by atoms with Crippen LogP contribution < -0.4 is 0 Å². The third-order valence-electron chi connectivity index (χ3n) is 3.45. The molecule has 0 bridgehead atoms. The van der Waals surface area contributed by atoms with Gasteiger partial charge in [-0.05, 0) is 46.1 Å². The summed E-state index contributed by atoms with van der Waals surface area (Å²) < 4.78 is 16.1. The van der Waals surface area contributed by atoms with Crippen molar-refractivity contribution in [2.24, 2.45) is 0 Å². The van der Waals surface area contributed by atoms with Gasteiger partial charge in [-0.15, -0.1) is 11.6 Å². The molecule has 0 atom stereocenters. The van der Waals surface area contributed by atoms with E-state index in [2.05, 4.69) is 25.9 Å². The molecular weight excluding hydrogens is 357 g/mol. The number of halogens is 3. The molecule has 0 unspecified atom stereocenters. The minimum Gasteiger partial charge on any atom is -0.322 e. The predicted molar refractivity (Wildman–Crippen MR) is 85.0 cm³/mol. The van der Waals surface area contributed by atoms with Crippen molar-refractivity contribution in [2.75, 3.05) is 0 Å². The molecule has 108 valence electrons. The van der Waals surface area contributed by atoms with Crippen LogP contribution in [0.3, 0.4) is 0 Å². The fraction of sp³-hybridized carbons (Fsp3) is 0.200. The van der Waals surface area contributed by atoms with Crippen molar-refractivity contribution < 1.29 is 4.39 Å². The molecule has 2 heterocycles. The lowest BCUT2D eigenvalue weighted by Gasteiger charge is -2.10. The number of hydrogen-bond donors (Lipinski definition) is 0. The fourth-order valence-electron chi connectivity index (χ4n) is 2.30. The lowest BCUT2D eigenvalue weighted by molar-refractivity contribution is 0.622. The minimum absolute atomic E-state index is 0.276. The van der Waals surface area contributed by atoms with Gasteiger partial charge in [0, 0.05) is 25.0 Å². The lowest BCUT2D eigenvalue weighted by Crippen LogP contribution is -2.05. The third-order valence-corrected chi connectivity index (χ3v) is 4.30. The highest BCUT2D eigenvalue weighted by Gasteiger charge is 2.14. The van der Waals surface area contributed by atoms with Crippen molar-refractivity contribution in [3.05, 3.63) is 57.8 Å². The highest BCUT2D eigenvalue weighted by molar-refractivity contribution is 9.10. The van der Waals surface area contributed by atoms with Crippen LogP contribution in [0.2, 0.25) is 0 Å². The summed E-state index contributed by atoms with van der Waals surface area (Å²) in [5, 5.41) is 0. The molecule has 0 N–H and O–H groups in total. The van der Waals surface area contributed by atoms with E-state index in [0.29, 0.717) is 16.5 Å². The Balaban J connectivity index is 2.16. The predicted octanol–water partition coefficient (Wildman–Crippen LogP) is 4.43. The fourth-order valence-corrected chi connectivity index (χ4v) is 2.83. The average molecular weight is 369 g/mol. The van der Waals surface area contributed by atoms with E-state index in [9.17, 15) is 4.39 Å². The van der Waals surface area contributed by atoms with Gasteiger partial charge in [-0.25, -0.2) is 9.37 Å². The Morgan fingerprint density at radius 2 is 2.19 bits per heavy atom. The summed E-state index contributed by atoms with van der Waals surface area (Å²) in [7, 11) is 0. The summed E-state index contributed by atoms with van der Waals surface area (Å²) in [5.74, 6) is 0.673. The van der Waals surface area contributed by atoms with Crippen LogP contribution >= 0.6 is 27.5 Å². The molecule has 2 aromatic heterocycles. The number of fused-ring (bicyclic) bond motifs is 1. The van der Waals surface area contributed by atoms with Gasteiger partial charge in [0.1, 0.15) is 11.6 Å². The van der Waals surface area contributed by atoms with Crippen LogP contribution in [-0.2, 0) is 12.4 Å². The first-order valence-electron chi connectivity index (χ1n) is 6.39. The van der Waals surface area contributed by atoms with Gasteiger partial charge in [-0.1, -0.05) is 0 Å². The number of aromatic nitrogens is 3. The van der Waals surface area contributed by atoms with Gasteiger partial charge in [0.15, 0.2) is 0 Å². The highest BCUT2D eigenvalue weighted by atomic mass is 79.9. The molecule has 0 aliphatic carbocycles. The van der Waals surface area contributed by atoms with Crippen LogP contribution in [0.15, 0.2) is 35.1 Å². The lowest BCUT2D eigenvalue weighted by atomic mass is 10.1. The van der Waals surface area contributed by atoms with Crippen molar-refractivity contribution in [3.8, 4) is 0 Å². The number of benzene rings is 1. The summed E-state index contributed by atoms with van der Waals surface area (Å²) in [4.78, 5) is 8.51. The molecule has 0 saturated carbocycles. The van der Waals surface area contributed by atoms with Crippen molar-refractivity contribution in [1.29, 1.82) is 0 Å². The zero-order valence-electron chi connectivity index (χ0n) is 11.3. The second kappa shape index (κ2) is 5.73. The number of pyridine rings is 1. The maximum atomic E-state index is 13.6. The SMILES string of the molecule is Cc1cnccc1Cn1c(CCl)nc2cc(F)c(Br)cc21. The first-order chi connectivity index (χ1) is 10.1. The first kappa shape index (κ1) is 14.5. The zero-order chi connectivity index (χ0) is 15.0. The molecule has 0 aliphatic rings. The Hall–Kier alpha value is -1.46. The molecule has 3 rings (SSSR count). The van der Waals surface area contributed by atoms with Crippen molar-refractivity contribution in [1.82, 2.24) is 14.5 Å². The summed E-state index contributed by atoms with van der Waals surface area (Å²) >= 11 is 9.21. The van der Waals surface area contributed by atoms with Crippen LogP contribution in [0.4, 0.5) is 4.39 Å². The van der Waals surface area contributed by atoms with E-state index in [1.54, 1.807) is 12.3 Å². The van der Waals surface area contributed by atoms with Gasteiger partial charge < -0.3 is 4.57 Å². The summed E-state index contributed by atoms with van der Waals surface area (Å²) in [5.41, 5.74) is 3.70. The van der Waals surface area contributed by atoms with Crippen molar-refractivity contribution >= 4 is 38.6 Å². The largest absolute Gasteiger partial charge is 0.322 e. The quantitative estimate of drug-likeness (QED) is 0.640. The Morgan fingerprint density at radius 3 is 2.90 bits per heavy atom. The second-order valence-corrected chi connectivity index (χ2v) is 5.93. The Bertz CT molecular complexity index is 816. The van der Waals surface area contributed by atoms with Crippen molar-refractivity contribution in [2.45, 2.75) is 19.3 Å². The van der Waals surface area contributed by atoms with E-state index in [1.807, 2.05) is 23.8 Å². The molecule has 3 nitrogen and oxygen atoms in total. The number of nitrogens with zero attached hydrogens (tertiary/aromatic N) is 3. The number of alkyl halides is 1. The normalized spacial score (nSPS) is 11.2. The molecule has 0 aliphatic heterocycles. The smallest absolute Gasteiger partial charge is 0.139 e. The average Bonchev–Trinajstić information content (AvgIpc) is 2.79. The summed E-state index contributed by atoms with van der Waals surface area (Å²) in [6.07, 6.45) is 3.59.